The quantitative estimate of drug-likeness (QED) is 0.851. The molecule has 1 unspecified atom stereocenters. The molecule has 2 fully saturated rings. The lowest BCUT2D eigenvalue weighted by Gasteiger charge is -2.22. The Hall–Kier alpha value is -1.30. The van der Waals surface area contributed by atoms with Crippen LogP contribution < -0.4 is 15.4 Å². The molecule has 1 amide bonds. The second kappa shape index (κ2) is 9.25. The molecule has 1 aromatic rings. The molecular weight excluding hydrogens is 328 g/mol. The van der Waals surface area contributed by atoms with Crippen molar-refractivity contribution in [3.05, 3.63) is 29.3 Å². The smallest absolute Gasteiger partial charge is 0.223 e. The van der Waals surface area contributed by atoms with Gasteiger partial charge >= 0.3 is 0 Å². The summed E-state index contributed by atoms with van der Waals surface area (Å²) >= 11 is 0. The predicted molar refractivity (Wildman–Crippen MR) is 95.7 cm³/mol. The van der Waals surface area contributed by atoms with Crippen molar-refractivity contribution in [3.8, 4) is 5.75 Å². The van der Waals surface area contributed by atoms with Gasteiger partial charge in [-0.05, 0) is 44.5 Å². The maximum atomic E-state index is 12.3. The van der Waals surface area contributed by atoms with Crippen molar-refractivity contribution in [2.45, 2.75) is 38.8 Å². The average Bonchev–Trinajstić information content (AvgIpc) is 3.08. The van der Waals surface area contributed by atoms with Crippen LogP contribution in [-0.4, -0.2) is 38.3 Å². The van der Waals surface area contributed by atoms with Gasteiger partial charge in [0.25, 0.3) is 0 Å². The van der Waals surface area contributed by atoms with Crippen molar-refractivity contribution in [1.82, 2.24) is 10.6 Å². The molecule has 2 saturated heterocycles. The third kappa shape index (κ3) is 5.10. The number of hydrogen-bond acceptors (Lipinski definition) is 4. The summed E-state index contributed by atoms with van der Waals surface area (Å²) in [6, 6.07) is 6.15. The van der Waals surface area contributed by atoms with E-state index in [0.717, 1.165) is 55.8 Å². The molecule has 5 nitrogen and oxygen atoms in total. The van der Waals surface area contributed by atoms with E-state index < -0.39 is 0 Å². The van der Waals surface area contributed by atoms with E-state index in [9.17, 15) is 4.79 Å². The molecule has 1 atom stereocenters. The highest BCUT2D eigenvalue weighted by atomic mass is 35.5. The second-order valence-electron chi connectivity index (χ2n) is 6.46. The van der Waals surface area contributed by atoms with Crippen LogP contribution in [0.15, 0.2) is 18.2 Å². The van der Waals surface area contributed by atoms with Crippen LogP contribution in [0, 0.1) is 12.8 Å². The van der Waals surface area contributed by atoms with Crippen LogP contribution in [-0.2, 0) is 16.1 Å². The lowest BCUT2D eigenvalue weighted by molar-refractivity contribution is -0.125. The van der Waals surface area contributed by atoms with Gasteiger partial charge in [0.05, 0.1) is 13.2 Å². The minimum Gasteiger partial charge on any atom is -0.488 e. The molecule has 6 heteroatoms. The van der Waals surface area contributed by atoms with E-state index >= 15 is 0 Å². The summed E-state index contributed by atoms with van der Waals surface area (Å²) in [6.07, 6.45) is 2.88. The Kier molecular flexibility index (Phi) is 7.34. The molecule has 0 saturated carbocycles. The maximum Gasteiger partial charge on any atom is 0.223 e. The van der Waals surface area contributed by atoms with Gasteiger partial charge in [-0.1, -0.05) is 12.1 Å². The van der Waals surface area contributed by atoms with E-state index in [1.807, 2.05) is 12.1 Å². The number of carbonyl (C=O) groups is 1. The number of halogens is 1. The zero-order valence-electron chi connectivity index (χ0n) is 14.2. The minimum absolute atomic E-state index is 0. The molecule has 0 radical (unpaired) electrons. The summed E-state index contributed by atoms with van der Waals surface area (Å²) in [5.41, 5.74) is 2.19. The fraction of sp³-hybridized carbons (Fsp3) is 0.611. The number of nitrogens with one attached hydrogen (secondary N) is 2. The summed E-state index contributed by atoms with van der Waals surface area (Å²) < 4.78 is 11.5. The summed E-state index contributed by atoms with van der Waals surface area (Å²) in [6.45, 7) is 5.84. The first-order chi connectivity index (χ1) is 11.2. The monoisotopic (exact) mass is 354 g/mol. The molecule has 2 N–H and O–H groups in total. The largest absolute Gasteiger partial charge is 0.488 e. The molecule has 2 aliphatic rings. The molecule has 24 heavy (non-hydrogen) atoms. The molecule has 2 heterocycles. The number of aryl methyl sites for hydroxylation is 1. The molecule has 134 valence electrons. The SMILES string of the molecule is Cc1ccc(CNC(=O)C2CCNCC2)c(OC2CCOC2)c1.Cl. The number of hydrogen-bond donors (Lipinski definition) is 2. The Morgan fingerprint density at radius 1 is 1.33 bits per heavy atom. The van der Waals surface area contributed by atoms with Gasteiger partial charge in [-0.2, -0.15) is 0 Å². The average molecular weight is 355 g/mol. The van der Waals surface area contributed by atoms with Gasteiger partial charge in [0.15, 0.2) is 0 Å². The first kappa shape index (κ1) is 19.0. The lowest BCUT2D eigenvalue weighted by atomic mass is 9.97. The van der Waals surface area contributed by atoms with Gasteiger partial charge in [-0.3, -0.25) is 4.79 Å². The van der Waals surface area contributed by atoms with Crippen LogP contribution >= 0.6 is 12.4 Å². The number of amides is 1. The summed E-state index contributed by atoms with van der Waals surface area (Å²) in [5.74, 6) is 1.16. The Labute approximate surface area is 149 Å². The number of benzene rings is 1. The van der Waals surface area contributed by atoms with Crippen LogP contribution in [0.5, 0.6) is 5.75 Å². The Morgan fingerprint density at radius 3 is 2.83 bits per heavy atom. The van der Waals surface area contributed by atoms with Gasteiger partial charge in [-0.15, -0.1) is 12.4 Å². The molecule has 1 aromatic carbocycles. The Balaban J connectivity index is 0.00000208. The van der Waals surface area contributed by atoms with Crippen molar-refractivity contribution in [3.63, 3.8) is 0 Å². The molecule has 3 rings (SSSR count). The van der Waals surface area contributed by atoms with Gasteiger partial charge in [-0.25, -0.2) is 0 Å². The number of ether oxygens (including phenoxy) is 2. The van der Waals surface area contributed by atoms with Crippen LogP contribution in [0.3, 0.4) is 0 Å². The van der Waals surface area contributed by atoms with E-state index in [0.29, 0.717) is 13.2 Å². The number of piperidine rings is 1. The topological polar surface area (TPSA) is 59.6 Å². The third-order valence-corrected chi connectivity index (χ3v) is 4.57. The number of rotatable bonds is 5. The molecule has 0 aliphatic carbocycles. The fourth-order valence-electron chi connectivity index (χ4n) is 3.11. The van der Waals surface area contributed by atoms with E-state index in [-0.39, 0.29) is 30.3 Å². The van der Waals surface area contributed by atoms with E-state index in [1.54, 1.807) is 0 Å². The highest BCUT2D eigenvalue weighted by molar-refractivity contribution is 5.85. The van der Waals surface area contributed by atoms with Crippen LogP contribution in [0.1, 0.15) is 30.4 Å². The molecular formula is C18H27ClN2O3. The van der Waals surface area contributed by atoms with Crippen LogP contribution in [0.4, 0.5) is 0 Å². The van der Waals surface area contributed by atoms with Gasteiger partial charge < -0.3 is 20.1 Å². The van der Waals surface area contributed by atoms with Crippen LogP contribution in [0.2, 0.25) is 0 Å². The first-order valence-corrected chi connectivity index (χ1v) is 8.55. The molecule has 0 aromatic heterocycles. The summed E-state index contributed by atoms with van der Waals surface area (Å²) in [4.78, 5) is 12.3. The number of carbonyl (C=O) groups excluding carboxylic acids is 1. The first-order valence-electron chi connectivity index (χ1n) is 8.55. The van der Waals surface area contributed by atoms with Crippen molar-refractivity contribution in [2.75, 3.05) is 26.3 Å². The van der Waals surface area contributed by atoms with Crippen LogP contribution in [0.25, 0.3) is 0 Å². The van der Waals surface area contributed by atoms with Crippen molar-refractivity contribution in [1.29, 1.82) is 0 Å². The van der Waals surface area contributed by atoms with Gasteiger partial charge in [0, 0.05) is 24.4 Å². The second-order valence-corrected chi connectivity index (χ2v) is 6.46. The maximum absolute atomic E-state index is 12.3. The van der Waals surface area contributed by atoms with Crippen molar-refractivity contribution < 1.29 is 14.3 Å². The molecule has 0 bridgehead atoms. The fourth-order valence-corrected chi connectivity index (χ4v) is 3.11. The standard InChI is InChI=1S/C18H26N2O3.ClH/c1-13-2-3-15(17(10-13)23-16-6-9-22-12-16)11-20-18(21)14-4-7-19-8-5-14;/h2-3,10,14,16,19H,4-9,11-12H2,1H3,(H,20,21);1H. The molecule has 0 spiro atoms. The predicted octanol–water partition coefficient (Wildman–Crippen LogP) is 2.20. The molecule has 2 aliphatic heterocycles. The third-order valence-electron chi connectivity index (χ3n) is 4.57. The Bertz CT molecular complexity index is 541. The van der Waals surface area contributed by atoms with Crippen molar-refractivity contribution in [2.24, 2.45) is 5.92 Å². The summed E-state index contributed by atoms with van der Waals surface area (Å²) in [5, 5.41) is 6.36. The Morgan fingerprint density at radius 2 is 2.12 bits per heavy atom. The van der Waals surface area contributed by atoms with E-state index in [1.165, 1.54) is 0 Å². The zero-order valence-corrected chi connectivity index (χ0v) is 15.0. The van der Waals surface area contributed by atoms with Gasteiger partial charge in [0.2, 0.25) is 5.91 Å². The summed E-state index contributed by atoms with van der Waals surface area (Å²) in [7, 11) is 0. The lowest BCUT2D eigenvalue weighted by Crippen LogP contribution is -2.37. The zero-order chi connectivity index (χ0) is 16.1. The van der Waals surface area contributed by atoms with Crippen molar-refractivity contribution >= 4 is 18.3 Å². The normalized spacial score (nSPS) is 21.1. The van der Waals surface area contributed by atoms with Gasteiger partial charge in [0.1, 0.15) is 11.9 Å². The minimum atomic E-state index is 0. The van der Waals surface area contributed by atoms with E-state index in [2.05, 4.69) is 23.6 Å². The highest BCUT2D eigenvalue weighted by Gasteiger charge is 2.22. The highest BCUT2D eigenvalue weighted by Crippen LogP contribution is 2.24. The van der Waals surface area contributed by atoms with E-state index in [4.69, 9.17) is 9.47 Å².